The second-order valence-corrected chi connectivity index (χ2v) is 5.96. The lowest BCUT2D eigenvalue weighted by Crippen LogP contribution is -2.17. The molecule has 3 rings (SSSR count). The fraction of sp³-hybridized carbons (Fsp3) is 0.211. The van der Waals surface area contributed by atoms with Crippen LogP contribution < -0.4 is 4.74 Å². The molecular formula is C19H16F3N3O3. The van der Waals surface area contributed by atoms with Crippen LogP contribution in [-0.4, -0.2) is 28.0 Å². The Labute approximate surface area is 158 Å². The van der Waals surface area contributed by atoms with Gasteiger partial charge in [-0.05, 0) is 36.8 Å². The van der Waals surface area contributed by atoms with E-state index in [-0.39, 0.29) is 18.6 Å². The number of hydrogen-bond donors (Lipinski definition) is 1. The van der Waals surface area contributed by atoms with Crippen LogP contribution in [0.25, 0.3) is 11.3 Å². The highest BCUT2D eigenvalue weighted by Crippen LogP contribution is 2.32. The highest BCUT2D eigenvalue weighted by atomic mass is 19.4. The molecule has 0 radical (unpaired) electrons. The van der Waals surface area contributed by atoms with Crippen LogP contribution in [0.1, 0.15) is 22.9 Å². The summed E-state index contributed by atoms with van der Waals surface area (Å²) in [5.74, 6) is -0.386. The van der Waals surface area contributed by atoms with E-state index in [2.05, 4.69) is 19.9 Å². The van der Waals surface area contributed by atoms with Crippen molar-refractivity contribution in [3.05, 3.63) is 65.6 Å². The van der Waals surface area contributed by atoms with E-state index in [0.29, 0.717) is 11.3 Å². The molecule has 2 aromatic heterocycles. The molecule has 0 aliphatic heterocycles. The minimum absolute atomic E-state index is 0.216. The second kappa shape index (κ2) is 8.12. The zero-order valence-electron chi connectivity index (χ0n) is 14.7. The Kier molecular flexibility index (Phi) is 5.62. The number of carbonyl (C=O) groups excluding carboxylic acids is 1. The van der Waals surface area contributed by atoms with Crippen LogP contribution in [0.15, 0.2) is 48.8 Å². The predicted molar refractivity (Wildman–Crippen MR) is 93.3 cm³/mol. The molecule has 3 aromatic rings. The van der Waals surface area contributed by atoms with Crippen LogP contribution in [0.2, 0.25) is 0 Å². The van der Waals surface area contributed by atoms with Crippen LogP contribution in [-0.2, 0) is 16.0 Å². The molecule has 0 amide bonds. The van der Waals surface area contributed by atoms with Gasteiger partial charge in [0.25, 0.3) is 6.47 Å². The Hall–Kier alpha value is -3.36. The number of aromatic amines is 1. The summed E-state index contributed by atoms with van der Waals surface area (Å²) in [5, 5.41) is 7.18. The van der Waals surface area contributed by atoms with Crippen LogP contribution in [0.3, 0.4) is 0 Å². The summed E-state index contributed by atoms with van der Waals surface area (Å²) in [6.07, 6.45) is -2.16. The Bertz CT molecular complexity index is 942. The van der Waals surface area contributed by atoms with E-state index in [9.17, 15) is 18.0 Å². The molecular weight excluding hydrogens is 375 g/mol. The number of rotatable bonds is 7. The number of aryl methyl sites for hydroxylation is 1. The first-order valence-corrected chi connectivity index (χ1v) is 8.26. The van der Waals surface area contributed by atoms with E-state index in [1.807, 2.05) is 6.92 Å². The molecule has 0 aliphatic rings. The molecule has 6 nitrogen and oxygen atoms in total. The van der Waals surface area contributed by atoms with Crippen molar-refractivity contribution >= 4 is 6.47 Å². The van der Waals surface area contributed by atoms with Gasteiger partial charge >= 0.3 is 6.36 Å². The molecule has 9 heteroatoms. The van der Waals surface area contributed by atoms with Crippen molar-refractivity contribution in [2.45, 2.75) is 25.8 Å². The van der Waals surface area contributed by atoms with Crippen LogP contribution in [0.5, 0.6) is 5.75 Å². The van der Waals surface area contributed by atoms with Crippen molar-refractivity contribution in [2.75, 3.05) is 0 Å². The van der Waals surface area contributed by atoms with Crippen molar-refractivity contribution in [1.82, 2.24) is 15.2 Å². The lowest BCUT2D eigenvalue weighted by atomic mass is 9.97. The number of ether oxygens (including phenoxy) is 2. The van der Waals surface area contributed by atoms with Gasteiger partial charge in [0.2, 0.25) is 0 Å². The van der Waals surface area contributed by atoms with Gasteiger partial charge in [-0.2, -0.15) is 5.10 Å². The fourth-order valence-corrected chi connectivity index (χ4v) is 2.86. The zero-order valence-corrected chi connectivity index (χ0v) is 14.7. The minimum Gasteiger partial charge on any atom is -0.459 e. The summed E-state index contributed by atoms with van der Waals surface area (Å²) in [6, 6.07) is 8.92. The second-order valence-electron chi connectivity index (χ2n) is 5.96. The molecule has 0 spiro atoms. The van der Waals surface area contributed by atoms with Gasteiger partial charge in [0.1, 0.15) is 11.9 Å². The molecule has 0 aliphatic carbocycles. The summed E-state index contributed by atoms with van der Waals surface area (Å²) in [6.45, 7) is 2.08. The Morgan fingerprint density at radius 3 is 2.64 bits per heavy atom. The zero-order chi connectivity index (χ0) is 20.1. The molecule has 0 saturated heterocycles. The third kappa shape index (κ3) is 4.67. The van der Waals surface area contributed by atoms with Crippen molar-refractivity contribution in [2.24, 2.45) is 0 Å². The summed E-state index contributed by atoms with van der Waals surface area (Å²) in [4.78, 5) is 15.0. The molecule has 28 heavy (non-hydrogen) atoms. The molecule has 0 bridgehead atoms. The normalized spacial score (nSPS) is 12.4. The Morgan fingerprint density at radius 2 is 1.96 bits per heavy atom. The van der Waals surface area contributed by atoms with Crippen molar-refractivity contribution in [1.29, 1.82) is 0 Å². The monoisotopic (exact) mass is 391 g/mol. The van der Waals surface area contributed by atoms with E-state index in [4.69, 9.17) is 4.74 Å². The maximum atomic E-state index is 12.5. The van der Waals surface area contributed by atoms with Gasteiger partial charge in [-0.1, -0.05) is 12.1 Å². The van der Waals surface area contributed by atoms with E-state index in [1.165, 1.54) is 18.2 Å². The first-order valence-electron chi connectivity index (χ1n) is 8.26. The van der Waals surface area contributed by atoms with Crippen molar-refractivity contribution in [3.63, 3.8) is 0 Å². The third-order valence-corrected chi connectivity index (χ3v) is 4.10. The van der Waals surface area contributed by atoms with Crippen LogP contribution in [0, 0.1) is 6.92 Å². The van der Waals surface area contributed by atoms with Gasteiger partial charge in [-0.3, -0.25) is 14.9 Å². The third-order valence-electron chi connectivity index (χ3n) is 4.10. The van der Waals surface area contributed by atoms with Gasteiger partial charge in [-0.15, -0.1) is 13.2 Å². The van der Waals surface area contributed by atoms with E-state index in [0.717, 1.165) is 16.8 Å². The van der Waals surface area contributed by atoms with Crippen LogP contribution >= 0.6 is 0 Å². The lowest BCUT2D eigenvalue weighted by Gasteiger charge is -2.18. The maximum absolute atomic E-state index is 12.5. The van der Waals surface area contributed by atoms with E-state index in [1.54, 1.807) is 30.6 Å². The molecule has 2 heterocycles. The number of pyridine rings is 1. The first kappa shape index (κ1) is 19.4. The fourth-order valence-electron chi connectivity index (χ4n) is 2.86. The first-order chi connectivity index (χ1) is 13.4. The quantitative estimate of drug-likeness (QED) is 0.613. The number of benzene rings is 1. The number of halogens is 3. The SMILES string of the molecule is Cc1[nH]nc(-c2ccncc2)c1CC(OC=O)c1cccc(OC(F)(F)F)c1. The molecule has 1 atom stereocenters. The minimum atomic E-state index is -4.81. The number of aromatic nitrogens is 3. The lowest BCUT2D eigenvalue weighted by molar-refractivity contribution is -0.274. The number of alkyl halides is 3. The van der Waals surface area contributed by atoms with Gasteiger partial charge in [-0.25, -0.2) is 0 Å². The number of carbonyl (C=O) groups is 1. The topological polar surface area (TPSA) is 77.1 Å². The van der Waals surface area contributed by atoms with Gasteiger partial charge in [0.15, 0.2) is 0 Å². The molecule has 1 unspecified atom stereocenters. The number of H-pyrrole nitrogens is 1. The van der Waals surface area contributed by atoms with Gasteiger partial charge in [0.05, 0.1) is 5.69 Å². The molecule has 0 fully saturated rings. The van der Waals surface area contributed by atoms with Crippen molar-refractivity contribution < 1.29 is 27.4 Å². The van der Waals surface area contributed by atoms with Gasteiger partial charge in [0, 0.05) is 35.6 Å². The summed E-state index contributed by atoms with van der Waals surface area (Å²) in [5.41, 5.74) is 3.37. The van der Waals surface area contributed by atoms with Crippen LogP contribution in [0.4, 0.5) is 13.2 Å². The summed E-state index contributed by atoms with van der Waals surface area (Å²) in [7, 11) is 0. The average molecular weight is 391 g/mol. The standard InChI is InChI=1S/C19H16F3N3O3/c1-12-16(18(25-24-12)13-5-7-23-8-6-13)10-17(27-11-26)14-3-2-4-15(9-14)28-19(20,21)22/h2-9,11,17H,10H2,1H3,(H,24,25). The number of hydrogen-bond acceptors (Lipinski definition) is 5. The number of nitrogens with one attached hydrogen (secondary N) is 1. The van der Waals surface area contributed by atoms with Crippen molar-refractivity contribution in [3.8, 4) is 17.0 Å². The molecule has 1 aromatic carbocycles. The smallest absolute Gasteiger partial charge is 0.459 e. The summed E-state index contributed by atoms with van der Waals surface area (Å²) < 4.78 is 46.6. The average Bonchev–Trinajstić information content (AvgIpc) is 3.01. The summed E-state index contributed by atoms with van der Waals surface area (Å²) >= 11 is 0. The number of nitrogens with zero attached hydrogens (tertiary/aromatic N) is 2. The van der Waals surface area contributed by atoms with Gasteiger partial charge < -0.3 is 9.47 Å². The highest BCUT2D eigenvalue weighted by Gasteiger charge is 2.31. The highest BCUT2D eigenvalue weighted by molar-refractivity contribution is 5.63. The largest absolute Gasteiger partial charge is 0.573 e. The molecule has 1 N–H and O–H groups in total. The molecule has 146 valence electrons. The maximum Gasteiger partial charge on any atom is 0.573 e. The Morgan fingerprint density at radius 1 is 1.21 bits per heavy atom. The van der Waals surface area contributed by atoms with E-state index >= 15 is 0 Å². The van der Waals surface area contributed by atoms with E-state index < -0.39 is 12.5 Å². The molecule has 0 saturated carbocycles. The predicted octanol–water partition coefficient (Wildman–Crippen LogP) is 4.14. The Balaban J connectivity index is 1.92.